The summed E-state index contributed by atoms with van der Waals surface area (Å²) in [5.41, 5.74) is 4.81. The Morgan fingerprint density at radius 1 is 1.08 bits per heavy atom. The predicted molar refractivity (Wildman–Crippen MR) is 99.8 cm³/mol. The fraction of sp³-hybridized carbons (Fsp3) is 0.300. The third kappa shape index (κ3) is 4.18. The smallest absolute Gasteiger partial charge is 0.319 e. The third-order valence-electron chi connectivity index (χ3n) is 4.48. The van der Waals surface area contributed by atoms with Gasteiger partial charge in [0, 0.05) is 18.3 Å². The van der Waals surface area contributed by atoms with E-state index in [1.54, 1.807) is 6.07 Å². The van der Waals surface area contributed by atoms with Crippen molar-refractivity contribution in [2.45, 2.75) is 39.2 Å². The number of hydrogen-bond acceptors (Lipinski definition) is 2. The largest absolute Gasteiger partial charge is 0.331 e. The summed E-state index contributed by atoms with van der Waals surface area (Å²) in [5, 5.41) is 8.69. The molecule has 25 heavy (non-hydrogen) atoms. The van der Waals surface area contributed by atoms with Crippen LogP contribution < -0.4 is 16.0 Å². The van der Waals surface area contributed by atoms with E-state index < -0.39 is 0 Å². The van der Waals surface area contributed by atoms with Crippen LogP contribution in [0.25, 0.3) is 0 Å². The second kappa shape index (κ2) is 7.38. The van der Waals surface area contributed by atoms with E-state index in [1.165, 1.54) is 18.1 Å². The van der Waals surface area contributed by atoms with Gasteiger partial charge < -0.3 is 16.0 Å². The van der Waals surface area contributed by atoms with Gasteiger partial charge in [0.25, 0.3) is 0 Å². The maximum absolute atomic E-state index is 12.4. The summed E-state index contributed by atoms with van der Waals surface area (Å²) in [6.07, 6.45) is 3.07. The van der Waals surface area contributed by atoms with E-state index in [-0.39, 0.29) is 18.0 Å². The Bertz CT molecular complexity index is 801. The Hall–Kier alpha value is -2.82. The lowest BCUT2D eigenvalue weighted by molar-refractivity contribution is -0.114. The maximum Gasteiger partial charge on any atom is 0.319 e. The highest BCUT2D eigenvalue weighted by Crippen LogP contribution is 2.29. The first-order chi connectivity index (χ1) is 12.0. The quantitative estimate of drug-likeness (QED) is 0.787. The van der Waals surface area contributed by atoms with E-state index >= 15 is 0 Å². The predicted octanol–water partition coefficient (Wildman–Crippen LogP) is 4.15. The zero-order valence-electron chi connectivity index (χ0n) is 14.6. The Kier molecular flexibility index (Phi) is 5.03. The molecule has 3 rings (SSSR count). The van der Waals surface area contributed by atoms with Gasteiger partial charge in [-0.15, -0.1) is 0 Å². The molecular weight excluding hydrogens is 314 g/mol. The van der Waals surface area contributed by atoms with Crippen molar-refractivity contribution in [3.05, 3.63) is 59.2 Å². The van der Waals surface area contributed by atoms with Gasteiger partial charge in [0.2, 0.25) is 5.91 Å². The lowest BCUT2D eigenvalue weighted by Crippen LogP contribution is -2.34. The Labute approximate surface area is 147 Å². The molecule has 1 atom stereocenters. The summed E-state index contributed by atoms with van der Waals surface area (Å²) in [4.78, 5) is 23.7. The number of rotatable bonds is 3. The number of aryl methyl sites for hydroxylation is 2. The first-order valence-corrected chi connectivity index (χ1v) is 8.56. The number of amides is 3. The van der Waals surface area contributed by atoms with Gasteiger partial charge in [-0.25, -0.2) is 4.79 Å². The van der Waals surface area contributed by atoms with Crippen LogP contribution in [-0.4, -0.2) is 11.9 Å². The number of carbonyl (C=O) groups is 2. The fourth-order valence-corrected chi connectivity index (χ4v) is 3.25. The van der Waals surface area contributed by atoms with Gasteiger partial charge in [-0.2, -0.15) is 0 Å². The second-order valence-corrected chi connectivity index (χ2v) is 6.45. The summed E-state index contributed by atoms with van der Waals surface area (Å²) >= 11 is 0. The molecule has 1 aliphatic carbocycles. The number of carbonyl (C=O) groups excluding carboxylic acids is 2. The van der Waals surface area contributed by atoms with Crippen molar-refractivity contribution < 1.29 is 9.59 Å². The van der Waals surface area contributed by atoms with E-state index in [1.807, 2.05) is 31.2 Å². The van der Waals surface area contributed by atoms with Crippen molar-refractivity contribution in [3.8, 4) is 0 Å². The fourth-order valence-electron chi connectivity index (χ4n) is 3.25. The van der Waals surface area contributed by atoms with Crippen LogP contribution in [0.5, 0.6) is 0 Å². The molecule has 1 aliphatic rings. The van der Waals surface area contributed by atoms with Gasteiger partial charge in [-0.1, -0.05) is 30.3 Å². The maximum atomic E-state index is 12.4. The first-order valence-electron chi connectivity index (χ1n) is 8.56. The molecule has 0 aliphatic heterocycles. The third-order valence-corrected chi connectivity index (χ3v) is 4.48. The highest BCUT2D eigenvalue weighted by molar-refractivity contribution is 5.93. The highest BCUT2D eigenvalue weighted by Gasteiger charge is 2.21. The summed E-state index contributed by atoms with van der Waals surface area (Å²) in [6.45, 7) is 3.38. The van der Waals surface area contributed by atoms with Crippen LogP contribution in [0.2, 0.25) is 0 Å². The van der Waals surface area contributed by atoms with Crippen LogP contribution in [0, 0.1) is 6.92 Å². The minimum Gasteiger partial charge on any atom is -0.331 e. The zero-order valence-corrected chi connectivity index (χ0v) is 14.6. The van der Waals surface area contributed by atoms with E-state index in [0.717, 1.165) is 24.8 Å². The second-order valence-electron chi connectivity index (χ2n) is 6.45. The van der Waals surface area contributed by atoms with Gasteiger partial charge in [0.15, 0.2) is 0 Å². The monoisotopic (exact) mass is 337 g/mol. The molecule has 0 unspecified atom stereocenters. The zero-order chi connectivity index (χ0) is 17.8. The van der Waals surface area contributed by atoms with Gasteiger partial charge in [0.1, 0.15) is 0 Å². The van der Waals surface area contributed by atoms with Gasteiger partial charge >= 0.3 is 6.03 Å². The van der Waals surface area contributed by atoms with Crippen LogP contribution in [0.15, 0.2) is 42.5 Å². The molecule has 0 saturated carbocycles. The van der Waals surface area contributed by atoms with Crippen LogP contribution in [-0.2, 0) is 11.2 Å². The summed E-state index contributed by atoms with van der Waals surface area (Å²) in [5.74, 6) is -0.136. The van der Waals surface area contributed by atoms with Crippen molar-refractivity contribution in [3.63, 3.8) is 0 Å². The molecule has 0 heterocycles. The summed E-state index contributed by atoms with van der Waals surface area (Å²) in [7, 11) is 0. The molecule has 0 bridgehead atoms. The topological polar surface area (TPSA) is 70.2 Å². The van der Waals surface area contributed by atoms with Crippen molar-refractivity contribution in [2.75, 3.05) is 10.6 Å². The molecule has 0 radical (unpaired) electrons. The van der Waals surface area contributed by atoms with Crippen molar-refractivity contribution >= 4 is 23.3 Å². The lowest BCUT2D eigenvalue weighted by Gasteiger charge is -2.26. The number of anilines is 2. The lowest BCUT2D eigenvalue weighted by atomic mass is 9.88. The number of hydrogen-bond donors (Lipinski definition) is 3. The molecule has 5 nitrogen and oxygen atoms in total. The molecular formula is C20H23N3O2. The molecule has 5 heteroatoms. The van der Waals surface area contributed by atoms with Crippen LogP contribution in [0.4, 0.5) is 16.2 Å². The molecule has 0 aromatic heterocycles. The van der Waals surface area contributed by atoms with Gasteiger partial charge in [-0.05, 0) is 55.0 Å². The average molecular weight is 337 g/mol. The molecule has 0 fully saturated rings. The van der Waals surface area contributed by atoms with Crippen LogP contribution in [0.1, 0.15) is 42.5 Å². The number of urea groups is 1. The number of nitrogens with one attached hydrogen (secondary N) is 3. The molecule has 3 amide bonds. The van der Waals surface area contributed by atoms with Crippen molar-refractivity contribution in [1.82, 2.24) is 5.32 Å². The first kappa shape index (κ1) is 17.0. The summed E-state index contributed by atoms with van der Waals surface area (Å²) < 4.78 is 0. The minimum atomic E-state index is -0.237. The van der Waals surface area contributed by atoms with Crippen molar-refractivity contribution in [1.29, 1.82) is 0 Å². The Morgan fingerprint density at radius 3 is 2.68 bits per heavy atom. The minimum absolute atomic E-state index is 0.0326. The van der Waals surface area contributed by atoms with E-state index in [2.05, 4.69) is 28.1 Å². The SMILES string of the molecule is CC(=O)Nc1cc(NC(=O)N[C@H]2CCCc3ccccc32)ccc1C. The molecule has 2 aromatic carbocycles. The highest BCUT2D eigenvalue weighted by atomic mass is 16.2. The normalized spacial score (nSPS) is 15.8. The molecule has 130 valence electrons. The standard InChI is InChI=1S/C20H23N3O2/c1-13-10-11-16(12-19(13)21-14(2)24)22-20(25)23-18-9-5-7-15-6-3-4-8-17(15)18/h3-4,6,8,10-12,18H,5,7,9H2,1-2H3,(H,21,24)(H2,22,23,25)/t18-/m0/s1. The molecule has 3 N–H and O–H groups in total. The Balaban J connectivity index is 1.68. The van der Waals surface area contributed by atoms with Crippen LogP contribution >= 0.6 is 0 Å². The average Bonchev–Trinajstić information content (AvgIpc) is 2.58. The number of fused-ring (bicyclic) bond motifs is 1. The van der Waals surface area contributed by atoms with E-state index in [4.69, 9.17) is 0 Å². The molecule has 2 aromatic rings. The van der Waals surface area contributed by atoms with E-state index in [9.17, 15) is 9.59 Å². The van der Waals surface area contributed by atoms with Crippen molar-refractivity contribution in [2.24, 2.45) is 0 Å². The number of benzene rings is 2. The van der Waals surface area contributed by atoms with Gasteiger partial charge in [-0.3, -0.25) is 4.79 Å². The van der Waals surface area contributed by atoms with E-state index in [0.29, 0.717) is 11.4 Å². The van der Waals surface area contributed by atoms with Crippen LogP contribution in [0.3, 0.4) is 0 Å². The Morgan fingerprint density at radius 2 is 1.88 bits per heavy atom. The molecule has 0 spiro atoms. The molecule has 0 saturated heterocycles. The summed E-state index contributed by atoms with van der Waals surface area (Å²) in [6, 6.07) is 13.5. The van der Waals surface area contributed by atoms with Gasteiger partial charge in [0.05, 0.1) is 6.04 Å².